The molecule has 0 spiro atoms. The van der Waals surface area contributed by atoms with Crippen molar-refractivity contribution in [1.29, 1.82) is 10.5 Å². The molecule has 8 rings (SSSR count). The van der Waals surface area contributed by atoms with Gasteiger partial charge in [0.2, 0.25) is 0 Å². The fraction of sp³-hybridized carbons (Fsp3) is 0.120. The summed E-state index contributed by atoms with van der Waals surface area (Å²) < 4.78 is 147. The van der Waals surface area contributed by atoms with Gasteiger partial charge in [-0.15, -0.1) is 2.52 Å². The van der Waals surface area contributed by atoms with Gasteiger partial charge in [0.1, 0.15) is 0 Å². The van der Waals surface area contributed by atoms with E-state index in [0.717, 1.165) is 32.2 Å². The van der Waals surface area contributed by atoms with E-state index in [1.165, 1.54) is 77.7 Å². The van der Waals surface area contributed by atoms with Gasteiger partial charge in [0, 0.05) is 62.1 Å². The van der Waals surface area contributed by atoms with Crippen molar-refractivity contribution < 1.29 is 42.1 Å². The third-order valence-electron chi connectivity index (χ3n) is 11.7. The minimum atomic E-state index is -4.99. The molecule has 0 aliphatic rings. The predicted octanol–water partition coefficient (Wildman–Crippen LogP) is 7.69. The van der Waals surface area contributed by atoms with Crippen LogP contribution in [0, 0.1) is 22.7 Å². The molecule has 0 radical (unpaired) electrons. The lowest BCUT2D eigenvalue weighted by Gasteiger charge is -2.30. The van der Waals surface area contributed by atoms with E-state index in [4.69, 9.17) is 0 Å². The molecule has 0 aliphatic carbocycles. The van der Waals surface area contributed by atoms with Crippen LogP contribution in [0.5, 0.6) is 0 Å². The summed E-state index contributed by atoms with van der Waals surface area (Å²) in [5.41, 5.74) is 0.204. The van der Waals surface area contributed by atoms with E-state index in [-0.39, 0.29) is 46.3 Å². The molecular weight excluding hydrogens is 1130 g/mol. The minimum Gasteiger partial charge on any atom is -0.299 e. The van der Waals surface area contributed by atoms with Crippen LogP contribution in [0.25, 0.3) is 32.3 Å². The summed E-state index contributed by atoms with van der Waals surface area (Å²) in [6.07, 6.45) is 0. The Morgan fingerprint density at radius 3 is 0.944 bits per heavy atom. The number of hydrogen-bond donors (Lipinski definition) is 0. The number of nitriles is 2. The number of sulfonamides is 5. The molecule has 0 saturated carbocycles. The summed E-state index contributed by atoms with van der Waals surface area (Å²) in [6.45, 7) is -3.37. The van der Waals surface area contributed by atoms with E-state index in [0.29, 0.717) is 26.9 Å². The van der Waals surface area contributed by atoms with Gasteiger partial charge in [-0.25, -0.2) is 42.1 Å². The fourth-order valence-electron chi connectivity index (χ4n) is 7.83. The maximum absolute atomic E-state index is 14.8. The standard InChI is InChI=1S/C50H41IN6O10S5/c51-55(68(58,59)48-24-17-40-7-1-4-10-43(40)33-48)30-27-54(28-31-56(69(60,61)46-20-13-38(36-52)14-21-46)71(64,65)49-25-18-41-8-2-5-11-44(41)34-49)29-32-57(70(62,63)47-22-15-39(37-53)16-23-47)72(66,67)50-26-19-42-9-3-6-12-45(42)35-50/h1-26,33-35H,27-32H2. The predicted molar refractivity (Wildman–Crippen MR) is 281 cm³/mol. The monoisotopic (exact) mass is 1170 g/mol. The lowest BCUT2D eigenvalue weighted by atomic mass is 10.1. The number of hydrogen-bond acceptors (Lipinski definition) is 13. The maximum Gasteiger partial charge on any atom is 0.256 e. The van der Waals surface area contributed by atoms with E-state index >= 15 is 0 Å². The summed E-state index contributed by atoms with van der Waals surface area (Å²) in [4.78, 5) is -0.394. The molecule has 8 aromatic carbocycles. The molecule has 0 amide bonds. The topological polar surface area (TPSA) is 231 Å². The summed E-state index contributed by atoms with van der Waals surface area (Å²) >= 11 is 1.60. The van der Waals surface area contributed by atoms with E-state index in [1.54, 1.807) is 89.6 Å². The van der Waals surface area contributed by atoms with Crippen molar-refractivity contribution in [2.45, 2.75) is 24.5 Å². The normalized spacial score (nSPS) is 12.8. The molecule has 0 N–H and O–H groups in total. The van der Waals surface area contributed by atoms with Crippen LogP contribution >= 0.6 is 22.9 Å². The highest BCUT2D eigenvalue weighted by Crippen LogP contribution is 2.30. The molecule has 0 saturated heterocycles. The number of benzene rings is 8. The smallest absolute Gasteiger partial charge is 0.256 e. The van der Waals surface area contributed by atoms with Crippen LogP contribution in [0.3, 0.4) is 0 Å². The van der Waals surface area contributed by atoms with Gasteiger partial charge >= 0.3 is 0 Å². The molecule has 368 valence electrons. The van der Waals surface area contributed by atoms with Crippen molar-refractivity contribution in [1.82, 2.24) is 14.8 Å². The lowest BCUT2D eigenvalue weighted by molar-refractivity contribution is 0.257. The summed E-state index contributed by atoms with van der Waals surface area (Å²) in [7, 11) is -24.1. The van der Waals surface area contributed by atoms with Crippen LogP contribution in [-0.2, 0) is 50.1 Å². The van der Waals surface area contributed by atoms with Gasteiger partial charge in [0.25, 0.3) is 50.1 Å². The van der Waals surface area contributed by atoms with E-state index in [2.05, 4.69) is 0 Å². The van der Waals surface area contributed by atoms with Crippen molar-refractivity contribution in [3.8, 4) is 12.1 Å². The maximum atomic E-state index is 14.8. The van der Waals surface area contributed by atoms with Gasteiger partial charge < -0.3 is 0 Å². The van der Waals surface area contributed by atoms with Gasteiger partial charge in [-0.2, -0.15) is 10.5 Å². The first kappa shape index (κ1) is 52.2. The molecule has 22 heteroatoms. The fourth-order valence-corrected chi connectivity index (χ4v) is 17.1. The van der Waals surface area contributed by atoms with Gasteiger partial charge in [0.15, 0.2) is 0 Å². The number of fused-ring (bicyclic) bond motifs is 3. The third-order valence-corrected chi connectivity index (χ3v) is 24.0. The van der Waals surface area contributed by atoms with Crippen LogP contribution in [-0.4, -0.2) is 96.2 Å². The van der Waals surface area contributed by atoms with Crippen LogP contribution in [0.4, 0.5) is 0 Å². The molecule has 72 heavy (non-hydrogen) atoms. The van der Waals surface area contributed by atoms with Crippen LogP contribution < -0.4 is 0 Å². The zero-order valence-electron chi connectivity index (χ0n) is 37.7. The van der Waals surface area contributed by atoms with Crippen LogP contribution in [0.2, 0.25) is 0 Å². The number of nitrogens with zero attached hydrogens (tertiary/aromatic N) is 6. The molecule has 0 bridgehead atoms. The number of rotatable bonds is 19. The van der Waals surface area contributed by atoms with Crippen molar-refractivity contribution in [2.24, 2.45) is 0 Å². The van der Waals surface area contributed by atoms with Crippen molar-refractivity contribution in [3.63, 3.8) is 0 Å². The molecule has 0 heterocycles. The molecule has 0 aliphatic heterocycles. The zero-order chi connectivity index (χ0) is 51.5. The Labute approximate surface area is 432 Å². The van der Waals surface area contributed by atoms with Gasteiger partial charge in [-0.05, 0) is 117 Å². The molecule has 8 aromatic rings. The summed E-state index contributed by atoms with van der Waals surface area (Å²) in [6, 6.07) is 46.6. The van der Waals surface area contributed by atoms with Crippen molar-refractivity contribution in [3.05, 3.63) is 187 Å². The van der Waals surface area contributed by atoms with Gasteiger partial charge in [-0.1, -0.05) is 98.4 Å². The average Bonchev–Trinajstić information content (AvgIpc) is 3.39. The summed E-state index contributed by atoms with van der Waals surface area (Å²) in [5.74, 6) is 0. The van der Waals surface area contributed by atoms with Crippen molar-refractivity contribution >= 4 is 105 Å². The first-order valence-corrected chi connectivity index (χ1v) is 29.9. The second-order valence-electron chi connectivity index (χ2n) is 16.2. The lowest BCUT2D eigenvalue weighted by Crippen LogP contribution is -2.47. The van der Waals surface area contributed by atoms with Crippen LogP contribution in [0.15, 0.2) is 200 Å². The largest absolute Gasteiger partial charge is 0.299 e. The minimum absolute atomic E-state index is 0.0514. The third kappa shape index (κ3) is 10.8. The molecule has 0 fully saturated rings. The number of halogens is 1. The molecule has 0 atom stereocenters. The molecule has 0 unspecified atom stereocenters. The van der Waals surface area contributed by atoms with Gasteiger partial charge in [0.05, 0.1) is 47.7 Å². The quantitative estimate of drug-likeness (QED) is 0.0559. The van der Waals surface area contributed by atoms with Gasteiger partial charge in [-0.3, -0.25) is 4.90 Å². The summed E-state index contributed by atoms with van der Waals surface area (Å²) in [5, 5.41) is 22.6. The molecule has 16 nitrogen and oxygen atoms in total. The highest BCUT2D eigenvalue weighted by atomic mass is 127. The zero-order valence-corrected chi connectivity index (χ0v) is 43.9. The Bertz CT molecular complexity index is 3840. The Kier molecular flexibility index (Phi) is 15.3. The average molecular weight is 1170 g/mol. The highest BCUT2D eigenvalue weighted by Gasteiger charge is 2.39. The first-order valence-electron chi connectivity index (χ1n) is 21.7. The molecule has 0 aromatic heterocycles. The molecular formula is C50H41IN6O10S5. The van der Waals surface area contributed by atoms with E-state index in [1.807, 2.05) is 24.3 Å². The second kappa shape index (κ2) is 21.1. The van der Waals surface area contributed by atoms with E-state index < -0.39 is 86.1 Å². The van der Waals surface area contributed by atoms with Crippen LogP contribution in [0.1, 0.15) is 11.1 Å². The highest BCUT2D eigenvalue weighted by molar-refractivity contribution is 14.1. The Hall–Kier alpha value is -6.16. The second-order valence-corrected chi connectivity index (χ2v) is 27.8. The Balaban J connectivity index is 1.19. The van der Waals surface area contributed by atoms with E-state index in [9.17, 15) is 52.6 Å². The Morgan fingerprint density at radius 2 is 0.611 bits per heavy atom. The van der Waals surface area contributed by atoms with Crippen molar-refractivity contribution in [2.75, 3.05) is 39.3 Å². The SMILES string of the molecule is N#Cc1ccc(S(=O)(=O)N(CCN(CCN(I)S(=O)(=O)c2ccc3ccccc3c2)CCN(S(=O)(=O)c2ccc(C#N)cc2)S(=O)(=O)c2ccc3ccccc3c2)S(=O)(=O)c2ccc3ccccc3c2)cc1. The first-order chi connectivity index (χ1) is 34.3. The Morgan fingerprint density at radius 1 is 0.333 bits per heavy atom.